The molecular formula is C17H29NS. The molecular weight excluding hydrogens is 250 g/mol. The Hall–Kier alpha value is -0.340. The molecule has 1 aromatic rings. The molecule has 1 aromatic heterocycles. The molecule has 1 aliphatic carbocycles. The molecule has 0 amide bonds. The van der Waals surface area contributed by atoms with Crippen LogP contribution >= 0.6 is 11.3 Å². The second kappa shape index (κ2) is 6.90. The van der Waals surface area contributed by atoms with E-state index >= 15 is 0 Å². The van der Waals surface area contributed by atoms with Gasteiger partial charge in [-0.25, -0.2) is 0 Å². The molecule has 1 heterocycles. The molecule has 3 atom stereocenters. The Balaban J connectivity index is 2.07. The van der Waals surface area contributed by atoms with E-state index in [9.17, 15) is 0 Å². The van der Waals surface area contributed by atoms with Crippen molar-refractivity contribution in [1.29, 1.82) is 0 Å². The highest BCUT2D eigenvalue weighted by molar-refractivity contribution is 7.10. The fourth-order valence-corrected chi connectivity index (χ4v) is 4.42. The molecule has 0 radical (unpaired) electrons. The lowest BCUT2D eigenvalue weighted by atomic mass is 9.77. The average Bonchev–Trinajstić information content (AvgIpc) is 2.89. The predicted octanol–water partition coefficient (Wildman–Crippen LogP) is 5.25. The van der Waals surface area contributed by atoms with E-state index in [0.717, 1.165) is 11.8 Å². The molecule has 0 spiro atoms. The predicted molar refractivity (Wildman–Crippen MR) is 85.6 cm³/mol. The molecule has 0 aliphatic heterocycles. The minimum Gasteiger partial charge on any atom is -0.306 e. The molecule has 19 heavy (non-hydrogen) atoms. The molecule has 2 rings (SSSR count). The summed E-state index contributed by atoms with van der Waals surface area (Å²) in [6.07, 6.45) is 5.59. The molecule has 1 nitrogen and oxygen atoms in total. The zero-order valence-electron chi connectivity index (χ0n) is 12.9. The van der Waals surface area contributed by atoms with Crippen LogP contribution in [0.3, 0.4) is 0 Å². The molecule has 1 saturated carbocycles. The third-order valence-electron chi connectivity index (χ3n) is 4.59. The van der Waals surface area contributed by atoms with Gasteiger partial charge < -0.3 is 5.32 Å². The number of hydrogen-bond donors (Lipinski definition) is 1. The van der Waals surface area contributed by atoms with Gasteiger partial charge in [-0.05, 0) is 42.0 Å². The smallest absolute Gasteiger partial charge is 0.0440 e. The second-order valence-electron chi connectivity index (χ2n) is 6.70. The highest BCUT2D eigenvalue weighted by Gasteiger charge is 2.30. The van der Waals surface area contributed by atoms with E-state index in [1.54, 1.807) is 0 Å². The van der Waals surface area contributed by atoms with Gasteiger partial charge in [0.25, 0.3) is 0 Å². The van der Waals surface area contributed by atoms with Crippen LogP contribution in [0.1, 0.15) is 64.3 Å². The van der Waals surface area contributed by atoms with Crippen molar-refractivity contribution in [1.82, 2.24) is 5.32 Å². The summed E-state index contributed by atoms with van der Waals surface area (Å²) in [5.74, 6) is 2.32. The molecule has 3 unspecified atom stereocenters. The summed E-state index contributed by atoms with van der Waals surface area (Å²) < 4.78 is 0. The van der Waals surface area contributed by atoms with Gasteiger partial charge in [0.2, 0.25) is 0 Å². The van der Waals surface area contributed by atoms with Crippen LogP contribution in [-0.4, -0.2) is 6.04 Å². The van der Waals surface area contributed by atoms with Gasteiger partial charge in [-0.3, -0.25) is 0 Å². The summed E-state index contributed by atoms with van der Waals surface area (Å²) in [5.41, 5.74) is 0. The number of hydrogen-bond acceptors (Lipinski definition) is 2. The van der Waals surface area contributed by atoms with Gasteiger partial charge in [-0.2, -0.15) is 0 Å². The Bertz CT molecular complexity index is 355. The summed E-state index contributed by atoms with van der Waals surface area (Å²) in [5, 5.41) is 6.20. The SMILES string of the molecule is CC(C)C(NC1CCCCC1C(C)C)c1cccs1. The summed E-state index contributed by atoms with van der Waals surface area (Å²) in [6.45, 7) is 9.45. The van der Waals surface area contributed by atoms with Crippen LogP contribution in [-0.2, 0) is 0 Å². The number of rotatable bonds is 5. The topological polar surface area (TPSA) is 12.0 Å². The number of nitrogens with one attached hydrogen (secondary N) is 1. The third-order valence-corrected chi connectivity index (χ3v) is 5.54. The van der Waals surface area contributed by atoms with Crippen molar-refractivity contribution in [3.05, 3.63) is 22.4 Å². The van der Waals surface area contributed by atoms with E-state index < -0.39 is 0 Å². The molecule has 0 aromatic carbocycles. The maximum Gasteiger partial charge on any atom is 0.0440 e. The first-order valence-corrected chi connectivity index (χ1v) is 8.77. The summed E-state index contributed by atoms with van der Waals surface area (Å²) >= 11 is 1.90. The summed E-state index contributed by atoms with van der Waals surface area (Å²) in [4.78, 5) is 1.50. The molecule has 0 saturated heterocycles. The Morgan fingerprint density at radius 3 is 2.47 bits per heavy atom. The summed E-state index contributed by atoms with van der Waals surface area (Å²) in [6, 6.07) is 5.71. The minimum atomic E-state index is 0.532. The highest BCUT2D eigenvalue weighted by Crippen LogP contribution is 2.34. The monoisotopic (exact) mass is 279 g/mol. The first kappa shape index (κ1) is 15.1. The van der Waals surface area contributed by atoms with Gasteiger partial charge >= 0.3 is 0 Å². The van der Waals surface area contributed by atoms with Crippen LogP contribution in [0, 0.1) is 17.8 Å². The maximum atomic E-state index is 4.00. The lowest BCUT2D eigenvalue weighted by molar-refractivity contribution is 0.181. The zero-order valence-corrected chi connectivity index (χ0v) is 13.7. The van der Waals surface area contributed by atoms with Crippen LogP contribution in [0.2, 0.25) is 0 Å². The summed E-state index contributed by atoms with van der Waals surface area (Å²) in [7, 11) is 0. The lowest BCUT2D eigenvalue weighted by Crippen LogP contribution is -2.43. The largest absolute Gasteiger partial charge is 0.306 e. The normalized spacial score (nSPS) is 26.0. The highest BCUT2D eigenvalue weighted by atomic mass is 32.1. The molecule has 1 fully saturated rings. The standard InChI is InChI=1S/C17H29NS/c1-12(2)14-8-5-6-9-15(14)18-17(13(3)4)16-10-7-11-19-16/h7,10-15,17-18H,5-6,8-9H2,1-4H3. The van der Waals surface area contributed by atoms with E-state index in [1.807, 2.05) is 11.3 Å². The third kappa shape index (κ3) is 3.82. The maximum absolute atomic E-state index is 4.00. The van der Waals surface area contributed by atoms with E-state index in [1.165, 1.54) is 30.6 Å². The minimum absolute atomic E-state index is 0.532. The fourth-order valence-electron chi connectivity index (χ4n) is 3.47. The molecule has 1 N–H and O–H groups in total. The van der Waals surface area contributed by atoms with E-state index in [0.29, 0.717) is 18.0 Å². The molecule has 2 heteroatoms. The van der Waals surface area contributed by atoms with Crippen LogP contribution in [0.15, 0.2) is 17.5 Å². The molecule has 0 bridgehead atoms. The zero-order chi connectivity index (χ0) is 13.8. The Kier molecular flexibility index (Phi) is 5.47. The van der Waals surface area contributed by atoms with Crippen LogP contribution in [0.5, 0.6) is 0 Å². The molecule has 108 valence electrons. The fraction of sp³-hybridized carbons (Fsp3) is 0.765. The van der Waals surface area contributed by atoms with Crippen LogP contribution in [0.4, 0.5) is 0 Å². The lowest BCUT2D eigenvalue weighted by Gasteiger charge is -2.38. The van der Waals surface area contributed by atoms with Gasteiger partial charge in [0.15, 0.2) is 0 Å². The van der Waals surface area contributed by atoms with E-state index in [2.05, 4.69) is 50.5 Å². The van der Waals surface area contributed by atoms with Gasteiger partial charge in [0.1, 0.15) is 0 Å². The van der Waals surface area contributed by atoms with Gasteiger partial charge in [-0.15, -0.1) is 11.3 Å². The van der Waals surface area contributed by atoms with Crippen LogP contribution in [0.25, 0.3) is 0 Å². The Morgan fingerprint density at radius 2 is 1.89 bits per heavy atom. The first-order valence-electron chi connectivity index (χ1n) is 7.89. The Morgan fingerprint density at radius 1 is 1.16 bits per heavy atom. The van der Waals surface area contributed by atoms with Crippen molar-refractivity contribution >= 4 is 11.3 Å². The van der Waals surface area contributed by atoms with E-state index in [4.69, 9.17) is 0 Å². The van der Waals surface area contributed by atoms with Crippen molar-refractivity contribution in [3.8, 4) is 0 Å². The van der Waals surface area contributed by atoms with Crippen molar-refractivity contribution in [3.63, 3.8) is 0 Å². The van der Waals surface area contributed by atoms with Crippen molar-refractivity contribution in [2.75, 3.05) is 0 Å². The second-order valence-corrected chi connectivity index (χ2v) is 7.68. The van der Waals surface area contributed by atoms with Crippen molar-refractivity contribution < 1.29 is 0 Å². The quantitative estimate of drug-likeness (QED) is 0.776. The Labute approximate surface area is 122 Å². The first-order chi connectivity index (χ1) is 9.09. The van der Waals surface area contributed by atoms with Crippen molar-refractivity contribution in [2.24, 2.45) is 17.8 Å². The van der Waals surface area contributed by atoms with E-state index in [-0.39, 0.29) is 0 Å². The van der Waals surface area contributed by atoms with Crippen molar-refractivity contribution in [2.45, 2.75) is 65.5 Å². The number of thiophene rings is 1. The van der Waals surface area contributed by atoms with Crippen LogP contribution < -0.4 is 5.32 Å². The van der Waals surface area contributed by atoms with Gasteiger partial charge in [-0.1, -0.05) is 46.6 Å². The molecule has 1 aliphatic rings. The van der Waals surface area contributed by atoms with Gasteiger partial charge in [0.05, 0.1) is 0 Å². The van der Waals surface area contributed by atoms with Gasteiger partial charge in [0, 0.05) is 17.0 Å². The average molecular weight is 279 g/mol.